The Kier molecular flexibility index (Phi) is 4.86. The van der Waals surface area contributed by atoms with E-state index in [1.807, 2.05) is 12.1 Å². The van der Waals surface area contributed by atoms with E-state index in [-0.39, 0.29) is 11.2 Å². The predicted molar refractivity (Wildman–Crippen MR) is 108 cm³/mol. The zero-order valence-corrected chi connectivity index (χ0v) is 15.4. The number of para-hydroxylation sites is 1. The second-order valence-electron chi connectivity index (χ2n) is 5.98. The fraction of sp³-hybridized carbons (Fsp3) is 0.0500. The highest BCUT2D eigenvalue weighted by atomic mass is 32.2. The van der Waals surface area contributed by atoms with E-state index in [1.54, 1.807) is 48.8 Å². The third-order valence-corrected chi connectivity index (χ3v) is 5.15. The van der Waals surface area contributed by atoms with Crippen LogP contribution in [0.5, 0.6) is 0 Å². The first-order valence-corrected chi connectivity index (χ1v) is 9.40. The highest BCUT2D eigenvalue weighted by molar-refractivity contribution is 7.98. The number of hydrogen-bond acceptors (Lipinski definition) is 6. The molecule has 2 heterocycles. The zero-order chi connectivity index (χ0) is 19.5. The van der Waals surface area contributed by atoms with Gasteiger partial charge in [-0.15, -0.1) is 0 Å². The average molecular weight is 390 g/mol. The zero-order valence-electron chi connectivity index (χ0n) is 14.6. The van der Waals surface area contributed by atoms with E-state index in [2.05, 4.69) is 9.97 Å². The molecule has 0 saturated heterocycles. The van der Waals surface area contributed by atoms with E-state index in [4.69, 9.17) is 0 Å². The van der Waals surface area contributed by atoms with Gasteiger partial charge < -0.3 is 0 Å². The summed E-state index contributed by atoms with van der Waals surface area (Å²) in [6, 6.07) is 17.2. The summed E-state index contributed by atoms with van der Waals surface area (Å²) < 4.78 is 1.53. The van der Waals surface area contributed by atoms with Gasteiger partial charge >= 0.3 is 0 Å². The lowest BCUT2D eigenvalue weighted by Crippen LogP contribution is -2.21. The van der Waals surface area contributed by atoms with E-state index < -0.39 is 4.92 Å². The van der Waals surface area contributed by atoms with Crippen molar-refractivity contribution in [3.8, 4) is 5.69 Å². The number of nitro benzene ring substituents is 1. The number of non-ortho nitro benzene ring substituents is 1. The van der Waals surface area contributed by atoms with Gasteiger partial charge in [0.2, 0.25) is 0 Å². The molecule has 7 nitrogen and oxygen atoms in total. The van der Waals surface area contributed by atoms with Gasteiger partial charge in [-0.05, 0) is 29.8 Å². The second kappa shape index (κ2) is 7.61. The maximum absolute atomic E-state index is 13.1. The largest absolute Gasteiger partial charge is 0.269 e. The van der Waals surface area contributed by atoms with Crippen molar-refractivity contribution in [1.29, 1.82) is 0 Å². The maximum Gasteiger partial charge on any atom is 0.269 e. The van der Waals surface area contributed by atoms with Gasteiger partial charge in [0.05, 0.1) is 27.7 Å². The number of rotatable bonds is 5. The van der Waals surface area contributed by atoms with Gasteiger partial charge in [-0.1, -0.05) is 36.0 Å². The molecular formula is C20H14N4O3S. The van der Waals surface area contributed by atoms with Crippen molar-refractivity contribution in [2.75, 3.05) is 0 Å². The number of thioether (sulfide) groups is 1. The number of fused-ring (bicyclic) bond motifs is 1. The molecule has 0 fully saturated rings. The van der Waals surface area contributed by atoms with Crippen LogP contribution < -0.4 is 5.56 Å². The molecule has 0 bridgehead atoms. The third kappa shape index (κ3) is 3.49. The second-order valence-corrected chi connectivity index (χ2v) is 6.92. The predicted octanol–water partition coefficient (Wildman–Crippen LogP) is 3.98. The van der Waals surface area contributed by atoms with Gasteiger partial charge in [0.1, 0.15) is 0 Å². The fourth-order valence-electron chi connectivity index (χ4n) is 2.83. The molecule has 0 unspecified atom stereocenters. The molecule has 0 aliphatic carbocycles. The summed E-state index contributed by atoms with van der Waals surface area (Å²) in [4.78, 5) is 32.4. The van der Waals surface area contributed by atoms with Crippen molar-refractivity contribution in [2.45, 2.75) is 10.9 Å². The van der Waals surface area contributed by atoms with Crippen LogP contribution in [-0.2, 0) is 5.75 Å². The van der Waals surface area contributed by atoms with Gasteiger partial charge in [-0.25, -0.2) is 4.98 Å². The minimum Gasteiger partial charge on any atom is -0.268 e. The molecule has 4 aromatic rings. The van der Waals surface area contributed by atoms with Gasteiger partial charge in [-0.2, -0.15) is 0 Å². The van der Waals surface area contributed by atoms with Crippen LogP contribution in [0.1, 0.15) is 5.56 Å². The number of benzene rings is 2. The molecule has 0 radical (unpaired) electrons. The van der Waals surface area contributed by atoms with Gasteiger partial charge in [0, 0.05) is 24.1 Å². The lowest BCUT2D eigenvalue weighted by atomic mass is 10.2. The Morgan fingerprint density at radius 3 is 2.71 bits per heavy atom. The standard InChI is InChI=1S/C20H14N4O3S/c25-19-17-8-1-2-9-18(17)22-20(23(19)16-7-4-10-21-12-16)28-13-14-5-3-6-15(11-14)24(26)27/h1-12H,13H2. The lowest BCUT2D eigenvalue weighted by Gasteiger charge is -2.12. The molecule has 2 aromatic carbocycles. The molecule has 8 heteroatoms. The van der Waals surface area contributed by atoms with E-state index in [0.29, 0.717) is 27.5 Å². The summed E-state index contributed by atoms with van der Waals surface area (Å²) in [7, 11) is 0. The lowest BCUT2D eigenvalue weighted by molar-refractivity contribution is -0.384. The van der Waals surface area contributed by atoms with Crippen molar-refractivity contribution in [2.24, 2.45) is 0 Å². The summed E-state index contributed by atoms with van der Waals surface area (Å²) in [5.41, 5.74) is 1.86. The molecule has 0 N–H and O–H groups in total. The van der Waals surface area contributed by atoms with Crippen LogP contribution in [0.3, 0.4) is 0 Å². The van der Waals surface area contributed by atoms with Crippen LogP contribution in [0.4, 0.5) is 5.69 Å². The Bertz CT molecular complexity index is 1230. The topological polar surface area (TPSA) is 90.9 Å². The summed E-state index contributed by atoms with van der Waals surface area (Å²) >= 11 is 1.35. The quantitative estimate of drug-likeness (QED) is 0.222. The van der Waals surface area contributed by atoms with Crippen LogP contribution in [0.15, 0.2) is 83.0 Å². The van der Waals surface area contributed by atoms with Crippen molar-refractivity contribution in [3.63, 3.8) is 0 Å². The minimum absolute atomic E-state index is 0.0363. The molecule has 28 heavy (non-hydrogen) atoms. The van der Waals surface area contributed by atoms with E-state index in [1.165, 1.54) is 28.5 Å². The Morgan fingerprint density at radius 2 is 1.93 bits per heavy atom. The average Bonchev–Trinajstić information content (AvgIpc) is 2.73. The first kappa shape index (κ1) is 17.9. The molecule has 2 aromatic heterocycles. The highest BCUT2D eigenvalue weighted by Gasteiger charge is 2.14. The normalized spacial score (nSPS) is 10.9. The van der Waals surface area contributed by atoms with Gasteiger partial charge in [-0.3, -0.25) is 24.5 Å². The van der Waals surface area contributed by atoms with Crippen molar-refractivity contribution < 1.29 is 4.92 Å². The molecule has 0 aliphatic heterocycles. The Morgan fingerprint density at radius 1 is 1.07 bits per heavy atom. The van der Waals surface area contributed by atoms with Crippen LogP contribution in [-0.4, -0.2) is 19.5 Å². The molecule has 138 valence electrons. The van der Waals surface area contributed by atoms with E-state index in [9.17, 15) is 14.9 Å². The molecule has 4 rings (SSSR count). The minimum atomic E-state index is -0.423. The SMILES string of the molecule is O=c1c2ccccc2nc(SCc2cccc([N+](=O)[O-])c2)n1-c1cccnc1. The van der Waals surface area contributed by atoms with Crippen LogP contribution >= 0.6 is 11.8 Å². The van der Waals surface area contributed by atoms with Gasteiger partial charge in [0.25, 0.3) is 11.2 Å². The summed E-state index contributed by atoms with van der Waals surface area (Å²) in [5.74, 6) is 0.437. The smallest absolute Gasteiger partial charge is 0.268 e. The molecular weight excluding hydrogens is 376 g/mol. The molecule has 0 amide bonds. The monoisotopic (exact) mass is 390 g/mol. The molecule has 0 aliphatic rings. The maximum atomic E-state index is 13.1. The molecule has 0 spiro atoms. The first-order valence-electron chi connectivity index (χ1n) is 8.42. The van der Waals surface area contributed by atoms with Crippen molar-refractivity contribution in [1.82, 2.24) is 14.5 Å². The Hall–Kier alpha value is -3.52. The van der Waals surface area contributed by atoms with E-state index in [0.717, 1.165) is 5.56 Å². The number of nitro groups is 1. The Labute approximate surface area is 163 Å². The Balaban J connectivity index is 1.78. The third-order valence-electron chi connectivity index (χ3n) is 4.14. The number of hydrogen-bond donors (Lipinski definition) is 0. The van der Waals surface area contributed by atoms with Crippen molar-refractivity contribution in [3.05, 3.63) is 99.1 Å². The van der Waals surface area contributed by atoms with Crippen LogP contribution in [0.25, 0.3) is 16.6 Å². The summed E-state index contributed by atoms with van der Waals surface area (Å²) in [5, 5.41) is 12.0. The number of pyridine rings is 1. The van der Waals surface area contributed by atoms with Crippen LogP contribution in [0.2, 0.25) is 0 Å². The van der Waals surface area contributed by atoms with Crippen molar-refractivity contribution >= 4 is 28.4 Å². The van der Waals surface area contributed by atoms with Gasteiger partial charge in [0.15, 0.2) is 5.16 Å². The summed E-state index contributed by atoms with van der Waals surface area (Å²) in [6.45, 7) is 0. The number of aromatic nitrogens is 3. The summed E-state index contributed by atoms with van der Waals surface area (Å²) in [6.07, 6.45) is 3.24. The molecule has 0 saturated carbocycles. The van der Waals surface area contributed by atoms with E-state index >= 15 is 0 Å². The highest BCUT2D eigenvalue weighted by Crippen LogP contribution is 2.25. The number of nitrogens with zero attached hydrogens (tertiary/aromatic N) is 4. The fourth-order valence-corrected chi connectivity index (χ4v) is 3.79. The first-order chi connectivity index (χ1) is 13.6. The van der Waals surface area contributed by atoms with Crippen LogP contribution in [0, 0.1) is 10.1 Å². The molecule has 0 atom stereocenters.